The van der Waals surface area contributed by atoms with E-state index in [2.05, 4.69) is 20.8 Å². The fraction of sp³-hybridized carbons (Fsp3) is 0.0500. The van der Waals surface area contributed by atoms with Crippen LogP contribution in [0.2, 0.25) is 0 Å². The van der Waals surface area contributed by atoms with E-state index < -0.39 is 0 Å². The fourth-order valence-corrected chi connectivity index (χ4v) is 2.21. The van der Waals surface area contributed by atoms with E-state index in [4.69, 9.17) is 0 Å². The number of hydrazone groups is 1. The maximum absolute atomic E-state index is 12.1. The van der Waals surface area contributed by atoms with Gasteiger partial charge in [0, 0.05) is 30.2 Å². The van der Waals surface area contributed by atoms with Crippen molar-refractivity contribution >= 4 is 17.8 Å². The van der Waals surface area contributed by atoms with E-state index in [0.29, 0.717) is 12.1 Å². The van der Waals surface area contributed by atoms with Gasteiger partial charge in [0.25, 0.3) is 5.91 Å². The lowest BCUT2D eigenvalue weighted by Crippen LogP contribution is -2.17. The molecule has 0 atom stereocenters. The monoisotopic (exact) mass is 330 g/mol. The summed E-state index contributed by atoms with van der Waals surface area (Å²) in [7, 11) is 0. The molecule has 0 aliphatic heterocycles. The Labute approximate surface area is 146 Å². The molecule has 3 aromatic rings. The number of nitrogens with one attached hydrogen (secondary N) is 2. The van der Waals surface area contributed by atoms with Crippen LogP contribution in [0.15, 0.2) is 84.2 Å². The summed E-state index contributed by atoms with van der Waals surface area (Å²) in [6, 6.07) is 21.0. The quantitative estimate of drug-likeness (QED) is 0.537. The molecule has 1 heterocycles. The molecule has 0 fully saturated rings. The standard InChI is InChI=1S/C20H18N4O/c25-20(24-23-15-17-10-12-21-13-11-17)18-8-6-16(7-9-18)14-22-19-4-2-1-3-5-19/h1-13,15,22H,14H2,(H,24,25). The smallest absolute Gasteiger partial charge is 0.271 e. The Morgan fingerprint density at radius 2 is 1.68 bits per heavy atom. The third kappa shape index (κ3) is 5.00. The zero-order valence-corrected chi connectivity index (χ0v) is 13.6. The second kappa shape index (κ2) is 8.40. The van der Waals surface area contributed by atoms with Gasteiger partial charge < -0.3 is 5.32 Å². The predicted octanol–water partition coefficient (Wildman–Crippen LogP) is 3.46. The van der Waals surface area contributed by atoms with Crippen LogP contribution in [0.3, 0.4) is 0 Å². The van der Waals surface area contributed by atoms with Crippen LogP contribution in [0.25, 0.3) is 0 Å². The van der Waals surface area contributed by atoms with E-state index in [-0.39, 0.29) is 5.91 Å². The molecule has 5 nitrogen and oxygen atoms in total. The molecule has 0 radical (unpaired) electrons. The normalized spacial score (nSPS) is 10.6. The van der Waals surface area contributed by atoms with E-state index in [1.165, 1.54) is 0 Å². The minimum Gasteiger partial charge on any atom is -0.381 e. The van der Waals surface area contributed by atoms with Gasteiger partial charge in [0.1, 0.15) is 0 Å². The second-order valence-electron chi connectivity index (χ2n) is 5.40. The number of amides is 1. The van der Waals surface area contributed by atoms with Gasteiger partial charge in [0.15, 0.2) is 0 Å². The second-order valence-corrected chi connectivity index (χ2v) is 5.40. The average Bonchev–Trinajstić information content (AvgIpc) is 2.68. The molecule has 3 rings (SSSR count). The zero-order chi connectivity index (χ0) is 17.3. The first-order valence-electron chi connectivity index (χ1n) is 7.92. The van der Waals surface area contributed by atoms with E-state index in [9.17, 15) is 4.79 Å². The molecule has 5 heteroatoms. The molecule has 25 heavy (non-hydrogen) atoms. The predicted molar refractivity (Wildman–Crippen MR) is 99.5 cm³/mol. The Hall–Kier alpha value is -3.47. The number of rotatable bonds is 6. The Bertz CT molecular complexity index is 831. The summed E-state index contributed by atoms with van der Waals surface area (Å²) >= 11 is 0. The van der Waals surface area contributed by atoms with Crippen molar-refractivity contribution in [3.05, 3.63) is 95.8 Å². The number of benzene rings is 2. The molecular weight excluding hydrogens is 312 g/mol. The molecule has 2 N–H and O–H groups in total. The maximum Gasteiger partial charge on any atom is 0.271 e. The van der Waals surface area contributed by atoms with Crippen molar-refractivity contribution in [3.63, 3.8) is 0 Å². The van der Waals surface area contributed by atoms with Crippen molar-refractivity contribution in [1.82, 2.24) is 10.4 Å². The molecule has 1 amide bonds. The van der Waals surface area contributed by atoms with Gasteiger partial charge in [0.05, 0.1) is 6.21 Å². The van der Waals surface area contributed by atoms with Crippen LogP contribution in [-0.2, 0) is 6.54 Å². The Morgan fingerprint density at radius 3 is 2.40 bits per heavy atom. The summed E-state index contributed by atoms with van der Waals surface area (Å²) in [5, 5.41) is 7.28. The highest BCUT2D eigenvalue weighted by molar-refractivity contribution is 5.94. The molecule has 0 aliphatic carbocycles. The first kappa shape index (κ1) is 16.4. The van der Waals surface area contributed by atoms with Crippen molar-refractivity contribution < 1.29 is 4.79 Å². The van der Waals surface area contributed by atoms with Gasteiger partial charge >= 0.3 is 0 Å². The van der Waals surface area contributed by atoms with E-state index in [1.54, 1.807) is 30.7 Å². The van der Waals surface area contributed by atoms with E-state index in [1.807, 2.05) is 54.6 Å². The molecule has 1 aromatic heterocycles. The molecule has 0 bridgehead atoms. The summed E-state index contributed by atoms with van der Waals surface area (Å²) in [4.78, 5) is 16.0. The summed E-state index contributed by atoms with van der Waals surface area (Å²) in [5.41, 5.74) is 6.12. The molecule has 0 unspecified atom stereocenters. The minimum atomic E-state index is -0.243. The van der Waals surface area contributed by atoms with Gasteiger partial charge in [-0.15, -0.1) is 0 Å². The van der Waals surface area contributed by atoms with Crippen LogP contribution >= 0.6 is 0 Å². The third-order valence-corrected chi connectivity index (χ3v) is 3.57. The largest absolute Gasteiger partial charge is 0.381 e. The van der Waals surface area contributed by atoms with Crippen LogP contribution in [0.4, 0.5) is 5.69 Å². The summed E-state index contributed by atoms with van der Waals surface area (Å²) in [5.74, 6) is -0.243. The summed E-state index contributed by atoms with van der Waals surface area (Å²) in [6.45, 7) is 0.701. The van der Waals surface area contributed by atoms with Gasteiger partial charge in [-0.05, 0) is 47.5 Å². The summed E-state index contributed by atoms with van der Waals surface area (Å²) in [6.07, 6.45) is 4.93. The van der Waals surface area contributed by atoms with Crippen molar-refractivity contribution in [3.8, 4) is 0 Å². The average molecular weight is 330 g/mol. The lowest BCUT2D eigenvalue weighted by Gasteiger charge is -2.07. The highest BCUT2D eigenvalue weighted by Crippen LogP contribution is 2.09. The minimum absolute atomic E-state index is 0.243. The fourth-order valence-electron chi connectivity index (χ4n) is 2.21. The molecule has 0 saturated heterocycles. The molecule has 124 valence electrons. The zero-order valence-electron chi connectivity index (χ0n) is 13.6. The van der Waals surface area contributed by atoms with Crippen molar-refractivity contribution in [2.75, 3.05) is 5.32 Å². The molecule has 2 aromatic carbocycles. The first-order chi connectivity index (χ1) is 12.3. The van der Waals surface area contributed by atoms with Crippen LogP contribution in [0.5, 0.6) is 0 Å². The van der Waals surface area contributed by atoms with Crippen molar-refractivity contribution in [2.45, 2.75) is 6.54 Å². The Balaban J connectivity index is 1.52. The van der Waals surface area contributed by atoms with Crippen LogP contribution in [0, 0.1) is 0 Å². The van der Waals surface area contributed by atoms with Gasteiger partial charge in [0.2, 0.25) is 0 Å². The third-order valence-electron chi connectivity index (χ3n) is 3.57. The lowest BCUT2D eigenvalue weighted by molar-refractivity contribution is 0.0955. The lowest BCUT2D eigenvalue weighted by atomic mass is 10.1. The number of carbonyl (C=O) groups is 1. The number of hydrogen-bond donors (Lipinski definition) is 2. The topological polar surface area (TPSA) is 66.4 Å². The molecule has 0 spiro atoms. The van der Waals surface area contributed by atoms with E-state index in [0.717, 1.165) is 16.8 Å². The molecular formula is C20H18N4O. The van der Waals surface area contributed by atoms with Gasteiger partial charge in [-0.1, -0.05) is 30.3 Å². The van der Waals surface area contributed by atoms with Crippen LogP contribution in [0.1, 0.15) is 21.5 Å². The number of nitrogens with zero attached hydrogens (tertiary/aromatic N) is 2. The number of anilines is 1. The van der Waals surface area contributed by atoms with E-state index >= 15 is 0 Å². The highest BCUT2D eigenvalue weighted by atomic mass is 16.2. The number of para-hydroxylation sites is 1. The molecule has 0 aliphatic rings. The number of hydrogen-bond acceptors (Lipinski definition) is 4. The number of carbonyl (C=O) groups excluding carboxylic acids is 1. The summed E-state index contributed by atoms with van der Waals surface area (Å²) < 4.78 is 0. The van der Waals surface area contributed by atoms with Crippen LogP contribution < -0.4 is 10.7 Å². The number of pyridine rings is 1. The molecule has 0 saturated carbocycles. The van der Waals surface area contributed by atoms with Crippen LogP contribution in [-0.4, -0.2) is 17.1 Å². The van der Waals surface area contributed by atoms with Gasteiger partial charge in [-0.3, -0.25) is 9.78 Å². The van der Waals surface area contributed by atoms with Crippen molar-refractivity contribution in [1.29, 1.82) is 0 Å². The van der Waals surface area contributed by atoms with Gasteiger partial charge in [-0.2, -0.15) is 5.10 Å². The van der Waals surface area contributed by atoms with Gasteiger partial charge in [-0.25, -0.2) is 5.43 Å². The Kier molecular flexibility index (Phi) is 5.51. The first-order valence-corrected chi connectivity index (χ1v) is 7.92. The number of aromatic nitrogens is 1. The SMILES string of the molecule is O=C(NN=Cc1ccncc1)c1ccc(CNc2ccccc2)cc1. The maximum atomic E-state index is 12.1. The Morgan fingerprint density at radius 1 is 0.960 bits per heavy atom. The highest BCUT2D eigenvalue weighted by Gasteiger charge is 2.04. The van der Waals surface area contributed by atoms with Crippen molar-refractivity contribution in [2.24, 2.45) is 5.10 Å².